The van der Waals surface area contributed by atoms with Gasteiger partial charge in [0.05, 0.1) is 27.8 Å². The lowest BCUT2D eigenvalue weighted by Crippen LogP contribution is -1.97. The molecule has 0 radical (unpaired) electrons. The van der Waals surface area contributed by atoms with Crippen LogP contribution in [0, 0.1) is 0 Å². The highest BCUT2D eigenvalue weighted by molar-refractivity contribution is 6.21. The first kappa shape index (κ1) is 31.9. The number of fused-ring (bicyclic) bond motifs is 6. The van der Waals surface area contributed by atoms with Gasteiger partial charge in [0.2, 0.25) is 0 Å². The quantitative estimate of drug-likeness (QED) is 0.172. The first-order valence-electron chi connectivity index (χ1n) is 19.0. The number of hydrogen-bond acceptors (Lipinski definition) is 2. The molecular formula is C52H34N4. The standard InChI is InChI=1S/C52H34N4/c1-4-14-35(15-5-1)38-32-39(36-16-6-2-7-17-36)34-40(33-38)51-43-20-10-12-22-46(43)53-52(54-51)37-24-26-42(27-25-37)56-48-23-13-11-21-44(48)50-45-30-31-55(41-18-8-3-9-19-41)47(45)28-29-49(50)56/h1-34H. The van der Waals surface area contributed by atoms with Crippen molar-refractivity contribution in [3.05, 3.63) is 206 Å². The van der Waals surface area contributed by atoms with Gasteiger partial charge in [-0.05, 0) is 107 Å². The molecule has 4 heteroatoms. The van der Waals surface area contributed by atoms with Gasteiger partial charge in [-0.1, -0.05) is 115 Å². The molecule has 0 saturated carbocycles. The fourth-order valence-corrected chi connectivity index (χ4v) is 8.32. The van der Waals surface area contributed by atoms with E-state index in [0.29, 0.717) is 5.82 Å². The molecule has 56 heavy (non-hydrogen) atoms. The molecule has 0 fully saturated rings. The van der Waals surface area contributed by atoms with E-state index in [1.807, 2.05) is 0 Å². The molecule has 4 nitrogen and oxygen atoms in total. The fraction of sp³-hybridized carbons (Fsp3) is 0. The van der Waals surface area contributed by atoms with Crippen molar-refractivity contribution in [2.45, 2.75) is 0 Å². The normalized spacial score (nSPS) is 11.6. The summed E-state index contributed by atoms with van der Waals surface area (Å²) in [5, 5.41) is 4.75. The summed E-state index contributed by atoms with van der Waals surface area (Å²) < 4.78 is 4.65. The predicted molar refractivity (Wildman–Crippen MR) is 232 cm³/mol. The smallest absolute Gasteiger partial charge is 0.160 e. The molecule has 8 aromatic carbocycles. The minimum atomic E-state index is 0.697. The van der Waals surface area contributed by atoms with E-state index in [4.69, 9.17) is 9.97 Å². The summed E-state index contributed by atoms with van der Waals surface area (Å²) in [6.45, 7) is 0. The Balaban J connectivity index is 1.05. The lowest BCUT2D eigenvalue weighted by molar-refractivity contribution is 1.13. The van der Waals surface area contributed by atoms with E-state index in [0.717, 1.165) is 50.2 Å². The van der Waals surface area contributed by atoms with Gasteiger partial charge >= 0.3 is 0 Å². The van der Waals surface area contributed by atoms with Crippen molar-refractivity contribution in [1.29, 1.82) is 0 Å². The maximum absolute atomic E-state index is 5.34. The number of aromatic nitrogens is 4. The highest BCUT2D eigenvalue weighted by Crippen LogP contribution is 2.39. The van der Waals surface area contributed by atoms with Gasteiger partial charge in [-0.15, -0.1) is 0 Å². The molecule has 0 spiro atoms. The van der Waals surface area contributed by atoms with Crippen LogP contribution in [0.4, 0.5) is 0 Å². The third-order valence-corrected chi connectivity index (χ3v) is 10.9. The van der Waals surface area contributed by atoms with Crippen LogP contribution >= 0.6 is 0 Å². The Kier molecular flexibility index (Phi) is 7.46. The Morgan fingerprint density at radius 3 is 1.62 bits per heavy atom. The van der Waals surface area contributed by atoms with E-state index in [9.17, 15) is 0 Å². The van der Waals surface area contributed by atoms with Crippen LogP contribution < -0.4 is 0 Å². The average Bonchev–Trinajstić information content (AvgIpc) is 3.86. The summed E-state index contributed by atoms with van der Waals surface area (Å²) in [4.78, 5) is 10.5. The molecular weight excluding hydrogens is 681 g/mol. The van der Waals surface area contributed by atoms with Gasteiger partial charge < -0.3 is 9.13 Å². The first-order chi connectivity index (χ1) is 27.8. The minimum absolute atomic E-state index is 0.697. The topological polar surface area (TPSA) is 35.6 Å². The summed E-state index contributed by atoms with van der Waals surface area (Å²) in [6.07, 6.45) is 2.18. The highest BCUT2D eigenvalue weighted by Gasteiger charge is 2.18. The first-order valence-corrected chi connectivity index (χ1v) is 19.0. The molecule has 0 N–H and O–H groups in total. The maximum Gasteiger partial charge on any atom is 0.160 e. The molecule has 11 aromatic rings. The zero-order valence-corrected chi connectivity index (χ0v) is 30.4. The van der Waals surface area contributed by atoms with Crippen molar-refractivity contribution < 1.29 is 0 Å². The van der Waals surface area contributed by atoms with Crippen molar-refractivity contribution in [3.8, 4) is 56.3 Å². The lowest BCUT2D eigenvalue weighted by atomic mass is 9.94. The van der Waals surface area contributed by atoms with Gasteiger partial charge in [0.15, 0.2) is 5.82 Å². The van der Waals surface area contributed by atoms with Crippen LogP contribution in [0.25, 0.3) is 99.9 Å². The third kappa shape index (κ3) is 5.31. The zero-order valence-electron chi connectivity index (χ0n) is 30.4. The summed E-state index contributed by atoms with van der Waals surface area (Å²) in [6, 6.07) is 71.0. The molecule has 11 rings (SSSR count). The van der Waals surface area contributed by atoms with Crippen LogP contribution in [0.5, 0.6) is 0 Å². The summed E-state index contributed by atoms with van der Waals surface area (Å²) in [5.74, 6) is 0.697. The largest absolute Gasteiger partial charge is 0.317 e. The van der Waals surface area contributed by atoms with Gasteiger partial charge in [0, 0.05) is 50.2 Å². The molecule has 3 heterocycles. The monoisotopic (exact) mass is 714 g/mol. The van der Waals surface area contributed by atoms with E-state index in [1.165, 1.54) is 43.8 Å². The third-order valence-electron chi connectivity index (χ3n) is 10.9. The summed E-state index contributed by atoms with van der Waals surface area (Å²) in [5.41, 5.74) is 14.3. The Hall–Kier alpha value is -7.56. The van der Waals surface area contributed by atoms with Crippen molar-refractivity contribution in [1.82, 2.24) is 19.1 Å². The fourth-order valence-electron chi connectivity index (χ4n) is 8.32. The Labute approximate surface area is 324 Å². The molecule has 0 aliphatic heterocycles. The van der Waals surface area contributed by atoms with Crippen LogP contribution in [0.15, 0.2) is 206 Å². The molecule has 0 aliphatic rings. The van der Waals surface area contributed by atoms with Crippen LogP contribution in [0.1, 0.15) is 0 Å². The van der Waals surface area contributed by atoms with Crippen molar-refractivity contribution in [2.24, 2.45) is 0 Å². The molecule has 0 aliphatic carbocycles. The molecule has 262 valence electrons. The lowest BCUT2D eigenvalue weighted by Gasteiger charge is -2.14. The number of benzene rings is 8. The molecule has 0 amide bonds. The van der Waals surface area contributed by atoms with Crippen LogP contribution in [-0.2, 0) is 0 Å². The zero-order chi connectivity index (χ0) is 37.0. The van der Waals surface area contributed by atoms with Gasteiger partial charge in [-0.25, -0.2) is 9.97 Å². The Morgan fingerprint density at radius 2 is 0.911 bits per heavy atom. The summed E-state index contributed by atoms with van der Waals surface area (Å²) >= 11 is 0. The van der Waals surface area contributed by atoms with E-state index in [-0.39, 0.29) is 0 Å². The van der Waals surface area contributed by atoms with Crippen LogP contribution in [0.2, 0.25) is 0 Å². The second-order valence-electron chi connectivity index (χ2n) is 14.3. The predicted octanol–water partition coefficient (Wildman–Crippen LogP) is 13.3. The molecule has 0 atom stereocenters. The van der Waals surface area contributed by atoms with Crippen LogP contribution in [-0.4, -0.2) is 19.1 Å². The summed E-state index contributed by atoms with van der Waals surface area (Å²) in [7, 11) is 0. The SMILES string of the molecule is c1ccc(-c2cc(-c3ccccc3)cc(-c3nc(-c4ccc(-n5c6ccccc6c6c7ccn(-c8ccccc8)c7ccc65)cc4)nc4ccccc34)c2)cc1. The molecule has 3 aromatic heterocycles. The Morgan fingerprint density at radius 1 is 0.339 bits per heavy atom. The second-order valence-corrected chi connectivity index (χ2v) is 14.3. The molecule has 0 saturated heterocycles. The van der Waals surface area contributed by atoms with Gasteiger partial charge in [0.25, 0.3) is 0 Å². The molecule has 0 unspecified atom stereocenters. The van der Waals surface area contributed by atoms with Gasteiger partial charge in [-0.3, -0.25) is 0 Å². The van der Waals surface area contributed by atoms with Crippen LogP contribution in [0.3, 0.4) is 0 Å². The van der Waals surface area contributed by atoms with E-state index >= 15 is 0 Å². The van der Waals surface area contributed by atoms with Crippen molar-refractivity contribution in [3.63, 3.8) is 0 Å². The number of para-hydroxylation sites is 3. The number of hydrogen-bond donors (Lipinski definition) is 0. The van der Waals surface area contributed by atoms with E-state index < -0.39 is 0 Å². The van der Waals surface area contributed by atoms with Crippen molar-refractivity contribution in [2.75, 3.05) is 0 Å². The maximum atomic E-state index is 5.34. The van der Waals surface area contributed by atoms with E-state index in [1.54, 1.807) is 0 Å². The number of rotatable bonds is 6. The number of nitrogens with zero attached hydrogens (tertiary/aromatic N) is 4. The second kappa shape index (κ2) is 13.1. The van der Waals surface area contributed by atoms with Gasteiger partial charge in [0.1, 0.15) is 0 Å². The Bertz CT molecular complexity index is 3160. The minimum Gasteiger partial charge on any atom is -0.317 e. The van der Waals surface area contributed by atoms with Gasteiger partial charge in [-0.2, -0.15) is 0 Å². The molecule has 0 bridgehead atoms. The highest BCUT2D eigenvalue weighted by atomic mass is 15.0. The van der Waals surface area contributed by atoms with E-state index in [2.05, 4.69) is 216 Å². The average molecular weight is 715 g/mol. The van der Waals surface area contributed by atoms with Crippen molar-refractivity contribution >= 4 is 43.6 Å².